The van der Waals surface area contributed by atoms with Gasteiger partial charge in [-0.2, -0.15) is 13.2 Å². The molecule has 1 amide bonds. The summed E-state index contributed by atoms with van der Waals surface area (Å²) in [7, 11) is 0. The first kappa shape index (κ1) is 14.9. The van der Waals surface area contributed by atoms with E-state index in [0.717, 1.165) is 6.07 Å². The first-order chi connectivity index (χ1) is 9.77. The highest BCUT2D eigenvalue weighted by Crippen LogP contribution is 2.36. The van der Waals surface area contributed by atoms with Gasteiger partial charge in [0.2, 0.25) is 0 Å². The molecule has 1 aromatic rings. The van der Waals surface area contributed by atoms with Crippen LogP contribution >= 0.6 is 0 Å². The third-order valence-corrected chi connectivity index (χ3v) is 2.62. The normalized spacial score (nSPS) is 13.7. The Balaban J connectivity index is 2.37. The molecule has 0 fully saturated rings. The van der Waals surface area contributed by atoms with E-state index < -0.39 is 24.5 Å². The molecule has 1 aliphatic heterocycles. The molecule has 2 rings (SSSR count). The summed E-state index contributed by atoms with van der Waals surface area (Å²) >= 11 is 0. The number of alkyl halides is 3. The number of rotatable bonds is 3. The molecule has 1 aliphatic rings. The van der Waals surface area contributed by atoms with Crippen LogP contribution in [0.1, 0.15) is 5.56 Å². The van der Waals surface area contributed by atoms with Crippen LogP contribution in [0, 0.1) is 0 Å². The number of hydrogen-bond donors (Lipinski definition) is 2. The lowest BCUT2D eigenvalue weighted by atomic mass is 10.1. The third kappa shape index (κ3) is 3.56. The van der Waals surface area contributed by atoms with Crippen LogP contribution in [0.15, 0.2) is 12.1 Å². The second-order valence-corrected chi connectivity index (χ2v) is 4.18. The fraction of sp³-hybridized carbons (Fsp3) is 0.333. The van der Waals surface area contributed by atoms with Gasteiger partial charge in [-0.15, -0.1) is 0 Å². The molecule has 2 N–H and O–H groups in total. The Bertz CT molecular complexity index is 585. The molecule has 0 atom stereocenters. The topological polar surface area (TPSA) is 84.9 Å². The highest BCUT2D eigenvalue weighted by molar-refractivity contribution is 5.96. The minimum atomic E-state index is -5.08. The Hall–Kier alpha value is -2.45. The van der Waals surface area contributed by atoms with E-state index in [9.17, 15) is 22.8 Å². The van der Waals surface area contributed by atoms with Gasteiger partial charge in [0.25, 0.3) is 0 Å². The first-order valence-corrected chi connectivity index (χ1v) is 5.80. The Kier molecular flexibility index (Phi) is 3.92. The summed E-state index contributed by atoms with van der Waals surface area (Å²) in [5, 5.41) is 10.4. The average Bonchev–Trinajstić information content (AvgIpc) is 2.37. The van der Waals surface area contributed by atoms with E-state index >= 15 is 0 Å². The highest BCUT2D eigenvalue weighted by atomic mass is 19.4. The van der Waals surface area contributed by atoms with Gasteiger partial charge in [-0.25, -0.2) is 0 Å². The van der Waals surface area contributed by atoms with E-state index in [1.807, 2.05) is 0 Å². The maximum atomic E-state index is 12.3. The summed E-state index contributed by atoms with van der Waals surface area (Å²) < 4.78 is 47.3. The second kappa shape index (κ2) is 5.51. The third-order valence-electron chi connectivity index (χ3n) is 2.62. The van der Waals surface area contributed by atoms with Crippen molar-refractivity contribution in [2.24, 2.45) is 0 Å². The number of carboxylic acids is 1. The maximum absolute atomic E-state index is 12.3. The Morgan fingerprint density at radius 2 is 1.76 bits per heavy atom. The van der Waals surface area contributed by atoms with Gasteiger partial charge < -0.3 is 19.9 Å². The van der Waals surface area contributed by atoms with Crippen LogP contribution in [0.2, 0.25) is 0 Å². The van der Waals surface area contributed by atoms with Crippen LogP contribution in [0.4, 0.5) is 18.9 Å². The number of nitrogens with one attached hydrogen (secondary N) is 1. The van der Waals surface area contributed by atoms with Crippen molar-refractivity contribution in [3.05, 3.63) is 17.7 Å². The second-order valence-electron chi connectivity index (χ2n) is 4.18. The van der Waals surface area contributed by atoms with Crippen molar-refractivity contribution in [3.8, 4) is 11.5 Å². The minimum Gasteiger partial charge on any atom is -0.486 e. The predicted molar refractivity (Wildman–Crippen MR) is 63.5 cm³/mol. The van der Waals surface area contributed by atoms with E-state index in [2.05, 4.69) is 0 Å². The Morgan fingerprint density at radius 3 is 2.29 bits per heavy atom. The number of carbonyl (C=O) groups is 2. The minimum absolute atomic E-state index is 0.00986. The summed E-state index contributed by atoms with van der Waals surface area (Å²) in [5.41, 5.74) is -0.284. The monoisotopic (exact) mass is 305 g/mol. The number of anilines is 1. The van der Waals surface area contributed by atoms with E-state index in [1.54, 1.807) is 5.32 Å². The van der Waals surface area contributed by atoms with E-state index in [0.29, 0.717) is 0 Å². The van der Waals surface area contributed by atoms with Gasteiger partial charge in [-0.3, -0.25) is 9.59 Å². The quantitative estimate of drug-likeness (QED) is 0.886. The number of amides is 1. The molecule has 0 unspecified atom stereocenters. The van der Waals surface area contributed by atoms with Crippen LogP contribution in [0.5, 0.6) is 11.5 Å². The van der Waals surface area contributed by atoms with Crippen molar-refractivity contribution < 1.29 is 37.3 Å². The van der Waals surface area contributed by atoms with Gasteiger partial charge >= 0.3 is 18.1 Å². The SMILES string of the molecule is O=C(O)Cc1cc2c(cc1NC(=O)C(F)(F)F)OCCO2. The Morgan fingerprint density at radius 1 is 1.19 bits per heavy atom. The molecule has 9 heteroatoms. The Labute approximate surface area is 116 Å². The van der Waals surface area contributed by atoms with Gasteiger partial charge in [0, 0.05) is 11.8 Å². The molecule has 0 spiro atoms. The van der Waals surface area contributed by atoms with Gasteiger partial charge in [0.05, 0.1) is 6.42 Å². The molecule has 0 aliphatic carbocycles. The maximum Gasteiger partial charge on any atom is 0.471 e. The molecular weight excluding hydrogens is 295 g/mol. The molecule has 1 heterocycles. The van der Waals surface area contributed by atoms with Gasteiger partial charge in [0.1, 0.15) is 13.2 Å². The predicted octanol–water partition coefficient (Wildman–Crippen LogP) is 1.59. The molecule has 21 heavy (non-hydrogen) atoms. The smallest absolute Gasteiger partial charge is 0.471 e. The lowest BCUT2D eigenvalue weighted by molar-refractivity contribution is -0.167. The van der Waals surface area contributed by atoms with E-state index in [-0.39, 0.29) is 36.0 Å². The zero-order valence-corrected chi connectivity index (χ0v) is 10.5. The van der Waals surface area contributed by atoms with Gasteiger partial charge in [-0.1, -0.05) is 0 Å². The molecule has 114 valence electrons. The molecule has 6 nitrogen and oxygen atoms in total. The molecule has 0 saturated carbocycles. The van der Waals surface area contributed by atoms with Crippen molar-refractivity contribution >= 4 is 17.6 Å². The largest absolute Gasteiger partial charge is 0.486 e. The summed E-state index contributed by atoms with van der Waals surface area (Å²) in [6.45, 7) is 0.450. The summed E-state index contributed by atoms with van der Waals surface area (Å²) in [6, 6.07) is 2.37. The highest BCUT2D eigenvalue weighted by Gasteiger charge is 2.39. The summed E-state index contributed by atoms with van der Waals surface area (Å²) in [5.74, 6) is -3.07. The van der Waals surface area contributed by atoms with Crippen LogP contribution < -0.4 is 14.8 Å². The number of ether oxygens (including phenoxy) is 2. The number of carboxylic acid groups (broad SMARTS) is 1. The number of benzene rings is 1. The number of fused-ring (bicyclic) bond motifs is 1. The van der Waals surface area contributed by atoms with Crippen molar-refractivity contribution in [1.29, 1.82) is 0 Å². The molecular formula is C12H10F3NO5. The fourth-order valence-corrected chi connectivity index (χ4v) is 1.75. The van der Waals surface area contributed by atoms with Crippen LogP contribution in [0.25, 0.3) is 0 Å². The van der Waals surface area contributed by atoms with E-state index in [4.69, 9.17) is 14.6 Å². The zero-order chi connectivity index (χ0) is 15.6. The van der Waals surface area contributed by atoms with Crippen molar-refractivity contribution in [3.63, 3.8) is 0 Å². The van der Waals surface area contributed by atoms with Crippen molar-refractivity contribution in [2.45, 2.75) is 12.6 Å². The van der Waals surface area contributed by atoms with Crippen LogP contribution in [0.3, 0.4) is 0 Å². The number of carbonyl (C=O) groups excluding carboxylic acids is 1. The first-order valence-electron chi connectivity index (χ1n) is 5.80. The average molecular weight is 305 g/mol. The number of aliphatic carboxylic acids is 1. The number of halogens is 3. The summed E-state index contributed by atoms with van der Waals surface area (Å²) in [4.78, 5) is 21.7. The standard InChI is InChI=1S/C12H10F3NO5/c13-12(14,15)11(19)16-7-5-9-8(20-1-2-21-9)3-6(7)4-10(17)18/h3,5H,1-2,4H2,(H,16,19)(H,17,18). The summed E-state index contributed by atoms with van der Waals surface area (Å²) in [6.07, 6.45) is -5.64. The molecule has 0 bridgehead atoms. The lowest BCUT2D eigenvalue weighted by Gasteiger charge is -2.21. The fourth-order valence-electron chi connectivity index (χ4n) is 1.75. The number of hydrogen-bond acceptors (Lipinski definition) is 4. The van der Waals surface area contributed by atoms with Crippen LogP contribution in [-0.4, -0.2) is 36.4 Å². The van der Waals surface area contributed by atoms with Crippen LogP contribution in [-0.2, 0) is 16.0 Å². The molecule has 0 radical (unpaired) electrons. The van der Waals surface area contributed by atoms with Crippen molar-refractivity contribution in [2.75, 3.05) is 18.5 Å². The lowest BCUT2D eigenvalue weighted by Crippen LogP contribution is -2.30. The zero-order valence-electron chi connectivity index (χ0n) is 10.5. The molecule has 0 saturated heterocycles. The van der Waals surface area contributed by atoms with Gasteiger partial charge in [0.15, 0.2) is 11.5 Å². The van der Waals surface area contributed by atoms with E-state index in [1.165, 1.54) is 6.07 Å². The molecule has 1 aromatic carbocycles. The van der Waals surface area contributed by atoms with Gasteiger partial charge in [-0.05, 0) is 11.6 Å². The van der Waals surface area contributed by atoms with Crippen molar-refractivity contribution in [1.82, 2.24) is 0 Å². The molecule has 0 aromatic heterocycles.